The summed E-state index contributed by atoms with van der Waals surface area (Å²) in [4.78, 5) is 14.2. The molecule has 0 radical (unpaired) electrons. The lowest BCUT2D eigenvalue weighted by atomic mass is 9.94. The number of nitrogens with zero attached hydrogens (tertiary/aromatic N) is 1. The number of ether oxygens (including phenoxy) is 1. The van der Waals surface area contributed by atoms with E-state index in [2.05, 4.69) is 19.1 Å². The third-order valence-electron chi connectivity index (χ3n) is 3.86. The molecule has 90 valence electrons. The summed E-state index contributed by atoms with van der Waals surface area (Å²) in [7, 11) is 1.74. The van der Waals surface area contributed by atoms with Crippen LogP contribution in [0, 0.1) is 11.8 Å². The highest BCUT2D eigenvalue weighted by Gasteiger charge is 2.32. The molecule has 2 rings (SSSR count). The Morgan fingerprint density at radius 1 is 1.38 bits per heavy atom. The number of carbonyl (C=O) groups excluding carboxylic acids is 1. The third kappa shape index (κ3) is 2.29. The molecule has 1 aliphatic heterocycles. The molecule has 1 aliphatic carbocycles. The zero-order valence-corrected chi connectivity index (χ0v) is 10.2. The summed E-state index contributed by atoms with van der Waals surface area (Å²) in [5.74, 6) is 1.08. The number of rotatable bonds is 2. The van der Waals surface area contributed by atoms with Crippen molar-refractivity contribution in [2.24, 2.45) is 11.8 Å². The van der Waals surface area contributed by atoms with Gasteiger partial charge in [0.2, 0.25) is 5.91 Å². The highest BCUT2D eigenvalue weighted by molar-refractivity contribution is 5.79. The summed E-state index contributed by atoms with van der Waals surface area (Å²) < 4.78 is 5.44. The SMILES string of the molecule is COC1CN(C(=O)C2CC=CC2)CCC1C. The summed E-state index contributed by atoms with van der Waals surface area (Å²) >= 11 is 0. The van der Waals surface area contributed by atoms with Crippen molar-refractivity contribution < 1.29 is 9.53 Å². The van der Waals surface area contributed by atoms with Crippen molar-refractivity contribution in [3.05, 3.63) is 12.2 Å². The van der Waals surface area contributed by atoms with E-state index in [9.17, 15) is 4.79 Å². The van der Waals surface area contributed by atoms with Crippen molar-refractivity contribution in [3.8, 4) is 0 Å². The maximum absolute atomic E-state index is 12.2. The van der Waals surface area contributed by atoms with E-state index in [1.54, 1.807) is 7.11 Å². The number of likely N-dealkylation sites (tertiary alicyclic amines) is 1. The first-order valence-corrected chi connectivity index (χ1v) is 6.19. The van der Waals surface area contributed by atoms with Gasteiger partial charge in [0.25, 0.3) is 0 Å². The van der Waals surface area contributed by atoms with Crippen LogP contribution >= 0.6 is 0 Å². The lowest BCUT2D eigenvalue weighted by Crippen LogP contribution is -2.48. The molecule has 1 saturated heterocycles. The Bertz CT molecular complexity index is 280. The Kier molecular flexibility index (Phi) is 3.64. The van der Waals surface area contributed by atoms with Crippen LogP contribution in [0.3, 0.4) is 0 Å². The molecular formula is C13H21NO2. The van der Waals surface area contributed by atoms with E-state index in [1.165, 1.54) is 0 Å². The van der Waals surface area contributed by atoms with Gasteiger partial charge >= 0.3 is 0 Å². The number of carbonyl (C=O) groups is 1. The number of piperidine rings is 1. The van der Waals surface area contributed by atoms with Gasteiger partial charge in [0, 0.05) is 26.1 Å². The average Bonchev–Trinajstić information content (AvgIpc) is 2.82. The van der Waals surface area contributed by atoms with E-state index in [0.717, 1.165) is 32.4 Å². The smallest absolute Gasteiger partial charge is 0.226 e. The molecule has 2 atom stereocenters. The molecule has 16 heavy (non-hydrogen) atoms. The first-order chi connectivity index (χ1) is 7.72. The monoisotopic (exact) mass is 223 g/mol. The number of hydrogen-bond acceptors (Lipinski definition) is 2. The van der Waals surface area contributed by atoms with Gasteiger partial charge in [-0.1, -0.05) is 19.1 Å². The van der Waals surface area contributed by atoms with Crippen LogP contribution in [0.2, 0.25) is 0 Å². The lowest BCUT2D eigenvalue weighted by molar-refractivity contribution is -0.140. The molecule has 0 N–H and O–H groups in total. The van der Waals surface area contributed by atoms with E-state index in [-0.39, 0.29) is 12.0 Å². The maximum atomic E-state index is 12.2. The van der Waals surface area contributed by atoms with Crippen LogP contribution in [0.5, 0.6) is 0 Å². The Labute approximate surface area is 97.5 Å². The van der Waals surface area contributed by atoms with Crippen LogP contribution in [-0.2, 0) is 9.53 Å². The quantitative estimate of drug-likeness (QED) is 0.668. The number of allylic oxidation sites excluding steroid dienone is 2. The fraction of sp³-hybridized carbons (Fsp3) is 0.769. The molecule has 0 spiro atoms. The summed E-state index contributed by atoms with van der Waals surface area (Å²) in [5, 5.41) is 0. The summed E-state index contributed by atoms with van der Waals surface area (Å²) in [6, 6.07) is 0. The second kappa shape index (κ2) is 5.00. The molecule has 1 heterocycles. The van der Waals surface area contributed by atoms with Crippen molar-refractivity contribution in [2.75, 3.05) is 20.2 Å². The van der Waals surface area contributed by atoms with Crippen molar-refractivity contribution in [3.63, 3.8) is 0 Å². The Hall–Kier alpha value is -0.830. The molecule has 3 heteroatoms. The first-order valence-electron chi connectivity index (χ1n) is 6.19. The molecule has 0 aromatic rings. The second-order valence-corrected chi connectivity index (χ2v) is 4.96. The fourth-order valence-electron chi connectivity index (χ4n) is 2.62. The predicted molar refractivity (Wildman–Crippen MR) is 63.0 cm³/mol. The standard InChI is InChI=1S/C13H21NO2/c1-10-7-8-14(9-12(10)16-2)13(15)11-5-3-4-6-11/h3-4,10-12H,5-9H2,1-2H3. The van der Waals surface area contributed by atoms with Gasteiger partial charge < -0.3 is 9.64 Å². The molecule has 3 nitrogen and oxygen atoms in total. The minimum Gasteiger partial charge on any atom is -0.379 e. The Balaban J connectivity index is 1.92. The van der Waals surface area contributed by atoms with Gasteiger partial charge in [-0.25, -0.2) is 0 Å². The maximum Gasteiger partial charge on any atom is 0.226 e. The highest BCUT2D eigenvalue weighted by Crippen LogP contribution is 2.25. The van der Waals surface area contributed by atoms with Gasteiger partial charge in [-0.05, 0) is 25.2 Å². The van der Waals surface area contributed by atoms with Crippen molar-refractivity contribution in [1.82, 2.24) is 4.90 Å². The molecule has 2 aliphatic rings. The predicted octanol–water partition coefficient (Wildman–Crippen LogP) is 1.84. The van der Waals surface area contributed by atoms with E-state index in [1.807, 2.05) is 4.90 Å². The zero-order chi connectivity index (χ0) is 11.5. The average molecular weight is 223 g/mol. The Morgan fingerprint density at radius 3 is 2.69 bits per heavy atom. The summed E-state index contributed by atoms with van der Waals surface area (Å²) in [5.41, 5.74) is 0. The summed E-state index contributed by atoms with van der Waals surface area (Å²) in [6.07, 6.45) is 7.34. The minimum absolute atomic E-state index is 0.200. The van der Waals surface area contributed by atoms with Crippen molar-refractivity contribution >= 4 is 5.91 Å². The van der Waals surface area contributed by atoms with Crippen LogP contribution in [0.1, 0.15) is 26.2 Å². The van der Waals surface area contributed by atoms with Gasteiger partial charge in [0.15, 0.2) is 0 Å². The van der Waals surface area contributed by atoms with Gasteiger partial charge in [-0.2, -0.15) is 0 Å². The largest absolute Gasteiger partial charge is 0.379 e. The molecule has 2 unspecified atom stereocenters. The highest BCUT2D eigenvalue weighted by atomic mass is 16.5. The van der Waals surface area contributed by atoms with Crippen molar-refractivity contribution in [1.29, 1.82) is 0 Å². The van der Waals surface area contributed by atoms with E-state index < -0.39 is 0 Å². The van der Waals surface area contributed by atoms with Crippen LogP contribution in [-0.4, -0.2) is 37.1 Å². The first kappa shape index (κ1) is 11.6. The molecular weight excluding hydrogens is 202 g/mol. The molecule has 1 fully saturated rings. The van der Waals surface area contributed by atoms with Crippen molar-refractivity contribution in [2.45, 2.75) is 32.3 Å². The van der Waals surface area contributed by atoms with Crippen LogP contribution in [0.25, 0.3) is 0 Å². The number of methoxy groups -OCH3 is 1. The van der Waals surface area contributed by atoms with Gasteiger partial charge in [0.1, 0.15) is 0 Å². The lowest BCUT2D eigenvalue weighted by Gasteiger charge is -2.37. The Morgan fingerprint density at radius 2 is 2.06 bits per heavy atom. The second-order valence-electron chi connectivity index (χ2n) is 4.96. The normalized spacial score (nSPS) is 31.0. The molecule has 0 bridgehead atoms. The molecule has 0 aromatic carbocycles. The summed E-state index contributed by atoms with van der Waals surface area (Å²) in [6.45, 7) is 3.87. The van der Waals surface area contributed by atoms with E-state index in [4.69, 9.17) is 4.74 Å². The van der Waals surface area contributed by atoms with Gasteiger partial charge in [0.05, 0.1) is 6.10 Å². The molecule has 0 aromatic heterocycles. The zero-order valence-electron chi connectivity index (χ0n) is 10.2. The van der Waals surface area contributed by atoms with Gasteiger partial charge in [-0.3, -0.25) is 4.79 Å². The number of hydrogen-bond donors (Lipinski definition) is 0. The van der Waals surface area contributed by atoms with E-state index >= 15 is 0 Å². The van der Waals surface area contributed by atoms with Crippen LogP contribution < -0.4 is 0 Å². The van der Waals surface area contributed by atoms with E-state index in [0.29, 0.717) is 11.8 Å². The van der Waals surface area contributed by atoms with Crippen LogP contribution in [0.4, 0.5) is 0 Å². The minimum atomic E-state index is 0.200. The van der Waals surface area contributed by atoms with Gasteiger partial charge in [-0.15, -0.1) is 0 Å². The molecule has 1 amide bonds. The third-order valence-corrected chi connectivity index (χ3v) is 3.86. The topological polar surface area (TPSA) is 29.5 Å². The van der Waals surface area contributed by atoms with Crippen LogP contribution in [0.15, 0.2) is 12.2 Å². The fourth-order valence-corrected chi connectivity index (χ4v) is 2.62. The number of amides is 1. The molecule has 0 saturated carbocycles.